The van der Waals surface area contributed by atoms with E-state index >= 15 is 0 Å². The molecule has 0 spiro atoms. The lowest BCUT2D eigenvalue weighted by molar-refractivity contribution is 0.416. The minimum Gasteiger partial charge on any atom is -0.422 e. The maximum atomic E-state index is 8.90. The van der Waals surface area contributed by atoms with Gasteiger partial charge >= 0.3 is 7.12 Å². The molecular weight excluding hydrogens is 178 g/mol. The van der Waals surface area contributed by atoms with Crippen LogP contribution in [0.3, 0.4) is 0 Å². The van der Waals surface area contributed by atoms with Gasteiger partial charge in [0.2, 0.25) is 0 Å². The highest BCUT2D eigenvalue weighted by Crippen LogP contribution is 2.06. The molecule has 12 heavy (non-hydrogen) atoms. The SMILES string of the molecule is CC(C)n1nc(Cl)cc1B(O)O. The highest BCUT2D eigenvalue weighted by atomic mass is 35.5. The van der Waals surface area contributed by atoms with E-state index in [1.54, 1.807) is 0 Å². The summed E-state index contributed by atoms with van der Waals surface area (Å²) < 4.78 is 1.48. The summed E-state index contributed by atoms with van der Waals surface area (Å²) in [6.45, 7) is 3.77. The van der Waals surface area contributed by atoms with Crippen LogP contribution in [0.4, 0.5) is 0 Å². The van der Waals surface area contributed by atoms with Crippen molar-refractivity contribution in [3.63, 3.8) is 0 Å². The fourth-order valence-electron chi connectivity index (χ4n) is 0.984. The molecule has 0 unspecified atom stereocenters. The summed E-state index contributed by atoms with van der Waals surface area (Å²) in [6.07, 6.45) is 0. The number of hydrogen-bond acceptors (Lipinski definition) is 3. The maximum Gasteiger partial charge on any atom is 0.507 e. The molecule has 0 aromatic carbocycles. The molecule has 1 rings (SSSR count). The van der Waals surface area contributed by atoms with Crippen LogP contribution in [0.15, 0.2) is 6.07 Å². The van der Waals surface area contributed by atoms with Crippen molar-refractivity contribution in [1.29, 1.82) is 0 Å². The van der Waals surface area contributed by atoms with E-state index in [1.165, 1.54) is 10.7 Å². The zero-order valence-electron chi connectivity index (χ0n) is 6.90. The molecule has 66 valence electrons. The van der Waals surface area contributed by atoms with Crippen LogP contribution in [-0.2, 0) is 0 Å². The minimum atomic E-state index is -1.52. The molecule has 0 radical (unpaired) electrons. The van der Waals surface area contributed by atoms with Gasteiger partial charge in [-0.2, -0.15) is 5.10 Å². The van der Waals surface area contributed by atoms with Gasteiger partial charge in [0.05, 0.1) is 5.59 Å². The van der Waals surface area contributed by atoms with Gasteiger partial charge in [0.25, 0.3) is 0 Å². The normalized spacial score (nSPS) is 10.8. The molecule has 2 N–H and O–H groups in total. The second kappa shape index (κ2) is 3.47. The Morgan fingerprint density at radius 3 is 2.50 bits per heavy atom. The lowest BCUT2D eigenvalue weighted by Crippen LogP contribution is -2.37. The number of aromatic nitrogens is 2. The smallest absolute Gasteiger partial charge is 0.422 e. The van der Waals surface area contributed by atoms with Gasteiger partial charge < -0.3 is 10.0 Å². The van der Waals surface area contributed by atoms with E-state index in [9.17, 15) is 0 Å². The molecule has 1 heterocycles. The van der Waals surface area contributed by atoms with Gasteiger partial charge in [-0.05, 0) is 19.9 Å². The van der Waals surface area contributed by atoms with E-state index in [1.807, 2.05) is 13.8 Å². The first-order chi connectivity index (χ1) is 5.52. The van der Waals surface area contributed by atoms with Gasteiger partial charge in [-0.1, -0.05) is 11.6 Å². The van der Waals surface area contributed by atoms with Crippen LogP contribution in [0.25, 0.3) is 0 Å². The highest BCUT2D eigenvalue weighted by molar-refractivity contribution is 6.58. The molecule has 6 heteroatoms. The summed E-state index contributed by atoms with van der Waals surface area (Å²) in [7, 11) is -1.52. The minimum absolute atomic E-state index is 0.0642. The third-order valence-electron chi connectivity index (χ3n) is 1.49. The largest absolute Gasteiger partial charge is 0.507 e. The Kier molecular flexibility index (Phi) is 2.77. The Morgan fingerprint density at radius 1 is 1.58 bits per heavy atom. The Labute approximate surface area is 75.9 Å². The first-order valence-corrected chi connectivity index (χ1v) is 4.01. The molecule has 0 saturated carbocycles. The zero-order chi connectivity index (χ0) is 9.30. The van der Waals surface area contributed by atoms with Crippen molar-refractivity contribution < 1.29 is 10.0 Å². The fourth-order valence-corrected chi connectivity index (χ4v) is 1.18. The van der Waals surface area contributed by atoms with Gasteiger partial charge in [-0.25, -0.2) is 0 Å². The summed E-state index contributed by atoms with van der Waals surface area (Å²) in [5.41, 5.74) is 0.315. The van der Waals surface area contributed by atoms with E-state index in [2.05, 4.69) is 5.10 Å². The summed E-state index contributed by atoms with van der Waals surface area (Å²) in [4.78, 5) is 0. The zero-order valence-corrected chi connectivity index (χ0v) is 7.65. The molecule has 1 aromatic heterocycles. The third kappa shape index (κ3) is 1.80. The first-order valence-electron chi connectivity index (χ1n) is 3.63. The van der Waals surface area contributed by atoms with Crippen molar-refractivity contribution in [2.45, 2.75) is 19.9 Å². The van der Waals surface area contributed by atoms with Crippen molar-refractivity contribution in [3.8, 4) is 0 Å². The lowest BCUT2D eigenvalue weighted by Gasteiger charge is -2.09. The topological polar surface area (TPSA) is 58.3 Å². The molecule has 0 atom stereocenters. The Morgan fingerprint density at radius 2 is 2.17 bits per heavy atom. The molecule has 1 aromatic rings. The van der Waals surface area contributed by atoms with Crippen LogP contribution in [0.1, 0.15) is 19.9 Å². The van der Waals surface area contributed by atoms with Gasteiger partial charge in [0.1, 0.15) is 0 Å². The molecule has 0 fully saturated rings. The summed E-state index contributed by atoms with van der Waals surface area (Å²) >= 11 is 5.60. The number of halogens is 1. The van der Waals surface area contributed by atoms with E-state index in [4.69, 9.17) is 21.6 Å². The number of nitrogens with zero attached hydrogens (tertiary/aromatic N) is 2. The van der Waals surface area contributed by atoms with E-state index in [0.717, 1.165) is 0 Å². The quantitative estimate of drug-likeness (QED) is 0.632. The summed E-state index contributed by atoms with van der Waals surface area (Å²) in [5.74, 6) is 0. The number of hydrogen-bond donors (Lipinski definition) is 2. The van der Waals surface area contributed by atoms with E-state index in [-0.39, 0.29) is 11.2 Å². The van der Waals surface area contributed by atoms with E-state index in [0.29, 0.717) is 5.59 Å². The van der Waals surface area contributed by atoms with Gasteiger partial charge in [-0.3, -0.25) is 4.68 Å². The van der Waals surface area contributed by atoms with Crippen LogP contribution in [0.5, 0.6) is 0 Å². The Balaban J connectivity index is 3.08. The molecule has 4 nitrogen and oxygen atoms in total. The van der Waals surface area contributed by atoms with Crippen molar-refractivity contribution in [2.24, 2.45) is 0 Å². The fraction of sp³-hybridized carbons (Fsp3) is 0.500. The van der Waals surface area contributed by atoms with Gasteiger partial charge in [-0.15, -0.1) is 0 Å². The second-order valence-electron chi connectivity index (χ2n) is 2.80. The van der Waals surface area contributed by atoms with Gasteiger partial charge in [0.15, 0.2) is 5.15 Å². The molecule has 0 aliphatic carbocycles. The maximum absolute atomic E-state index is 8.90. The average Bonchev–Trinajstić information content (AvgIpc) is 2.31. The van der Waals surface area contributed by atoms with Crippen LogP contribution in [0.2, 0.25) is 5.15 Å². The van der Waals surface area contributed by atoms with Crippen LogP contribution >= 0.6 is 11.6 Å². The summed E-state index contributed by atoms with van der Waals surface area (Å²) in [5, 5.41) is 22.0. The monoisotopic (exact) mass is 188 g/mol. The predicted octanol–water partition coefficient (Wildman–Crippen LogP) is -0.203. The van der Waals surface area contributed by atoms with Crippen molar-refractivity contribution >= 4 is 24.3 Å². The lowest BCUT2D eigenvalue weighted by atomic mass is 9.86. The average molecular weight is 188 g/mol. The Bertz CT molecular complexity index is 249. The molecule has 0 amide bonds. The molecular formula is C6H10BClN2O2. The molecule has 0 aliphatic heterocycles. The predicted molar refractivity (Wildman–Crippen MR) is 47.4 cm³/mol. The summed E-state index contributed by atoms with van der Waals surface area (Å²) in [6, 6.07) is 1.50. The standard InChI is InChI=1S/C6H10BClN2O2/c1-4(2)10-5(7(11)12)3-6(8)9-10/h3-4,11-12H,1-2H3. The molecule has 0 aliphatic rings. The second-order valence-corrected chi connectivity index (χ2v) is 3.19. The first kappa shape index (κ1) is 9.57. The van der Waals surface area contributed by atoms with Crippen molar-refractivity contribution in [3.05, 3.63) is 11.2 Å². The van der Waals surface area contributed by atoms with Crippen molar-refractivity contribution in [2.75, 3.05) is 0 Å². The number of rotatable bonds is 2. The third-order valence-corrected chi connectivity index (χ3v) is 1.67. The van der Waals surface area contributed by atoms with E-state index < -0.39 is 7.12 Å². The Hall–Kier alpha value is -0.515. The van der Waals surface area contributed by atoms with Crippen LogP contribution in [0, 0.1) is 0 Å². The van der Waals surface area contributed by atoms with Crippen molar-refractivity contribution in [1.82, 2.24) is 9.78 Å². The van der Waals surface area contributed by atoms with Crippen LogP contribution in [-0.4, -0.2) is 26.9 Å². The highest BCUT2D eigenvalue weighted by Gasteiger charge is 2.20. The van der Waals surface area contributed by atoms with Crippen LogP contribution < -0.4 is 5.59 Å². The van der Waals surface area contributed by atoms with Gasteiger partial charge in [0, 0.05) is 6.04 Å². The molecule has 0 bridgehead atoms. The molecule has 0 saturated heterocycles.